The van der Waals surface area contributed by atoms with E-state index in [9.17, 15) is 14.4 Å². The molecule has 0 saturated heterocycles. The predicted octanol–water partition coefficient (Wildman–Crippen LogP) is 2.06. The van der Waals surface area contributed by atoms with E-state index in [0.717, 1.165) is 4.47 Å². The number of hydrogen-bond acceptors (Lipinski definition) is 5. The molecule has 2 aromatic rings. The molecule has 0 aliphatic rings. The lowest BCUT2D eigenvalue weighted by Gasteiger charge is -2.07. The van der Waals surface area contributed by atoms with Gasteiger partial charge >= 0.3 is 0 Å². The summed E-state index contributed by atoms with van der Waals surface area (Å²) < 4.78 is 0.878. The van der Waals surface area contributed by atoms with Gasteiger partial charge in [-0.3, -0.25) is 19.4 Å². The summed E-state index contributed by atoms with van der Waals surface area (Å²) in [6.07, 6.45) is 3.07. The van der Waals surface area contributed by atoms with Crippen LogP contribution in [0.5, 0.6) is 0 Å². The van der Waals surface area contributed by atoms with Gasteiger partial charge in [0.1, 0.15) is 0 Å². The fraction of sp³-hybridized carbons (Fsp3) is 0.222. The van der Waals surface area contributed by atoms with Crippen LogP contribution in [0.15, 0.2) is 53.3 Å². The minimum absolute atomic E-state index is 0.169. The highest BCUT2D eigenvalue weighted by Crippen LogP contribution is 2.15. The molecule has 1 aromatic carbocycles. The molecule has 1 heterocycles. The third-order valence-corrected chi connectivity index (χ3v) is 4.66. The molecule has 9 heteroatoms. The fourth-order valence-corrected chi connectivity index (χ4v) is 3.07. The lowest BCUT2D eigenvalue weighted by Crippen LogP contribution is -2.35. The number of rotatable bonds is 9. The minimum atomic E-state index is -0.240. The summed E-state index contributed by atoms with van der Waals surface area (Å²) in [5.41, 5.74) is 1.17. The molecule has 0 spiro atoms. The van der Waals surface area contributed by atoms with Gasteiger partial charge in [-0.15, -0.1) is 11.8 Å². The van der Waals surface area contributed by atoms with Crippen molar-refractivity contribution in [3.05, 3.63) is 58.8 Å². The SMILES string of the molecule is O=C(CSCC(=O)Nc1cccc(Br)c1)NCCNC(=O)c1cccnc1. The van der Waals surface area contributed by atoms with Crippen molar-refractivity contribution in [2.45, 2.75) is 0 Å². The Labute approximate surface area is 169 Å². The Morgan fingerprint density at radius 3 is 2.52 bits per heavy atom. The van der Waals surface area contributed by atoms with Gasteiger partial charge in [-0.1, -0.05) is 22.0 Å². The molecule has 2 rings (SSSR count). The second-order valence-electron chi connectivity index (χ2n) is 5.40. The molecule has 142 valence electrons. The first-order chi connectivity index (χ1) is 13.0. The van der Waals surface area contributed by atoms with Crippen molar-refractivity contribution in [1.82, 2.24) is 15.6 Å². The van der Waals surface area contributed by atoms with Crippen molar-refractivity contribution in [2.75, 3.05) is 29.9 Å². The first-order valence-corrected chi connectivity index (χ1v) is 10.1. The van der Waals surface area contributed by atoms with E-state index >= 15 is 0 Å². The Hall–Kier alpha value is -2.39. The molecule has 0 unspecified atom stereocenters. The minimum Gasteiger partial charge on any atom is -0.354 e. The molecule has 0 saturated carbocycles. The Morgan fingerprint density at radius 1 is 1.00 bits per heavy atom. The first-order valence-electron chi connectivity index (χ1n) is 8.12. The normalized spacial score (nSPS) is 10.1. The number of carbonyl (C=O) groups is 3. The number of aromatic nitrogens is 1. The molecule has 7 nitrogen and oxygen atoms in total. The number of hydrogen-bond donors (Lipinski definition) is 3. The summed E-state index contributed by atoms with van der Waals surface area (Å²) >= 11 is 4.56. The summed E-state index contributed by atoms with van der Waals surface area (Å²) in [7, 11) is 0. The maximum Gasteiger partial charge on any atom is 0.252 e. The van der Waals surface area contributed by atoms with Crippen molar-refractivity contribution in [1.29, 1.82) is 0 Å². The fourth-order valence-electron chi connectivity index (χ4n) is 2.03. The van der Waals surface area contributed by atoms with E-state index in [4.69, 9.17) is 0 Å². The smallest absolute Gasteiger partial charge is 0.252 e. The van der Waals surface area contributed by atoms with Crippen molar-refractivity contribution < 1.29 is 14.4 Å². The monoisotopic (exact) mass is 450 g/mol. The quantitative estimate of drug-likeness (QED) is 0.507. The molecule has 27 heavy (non-hydrogen) atoms. The van der Waals surface area contributed by atoms with E-state index in [0.29, 0.717) is 24.3 Å². The molecule has 3 amide bonds. The average molecular weight is 451 g/mol. The van der Waals surface area contributed by atoms with E-state index in [1.54, 1.807) is 30.5 Å². The maximum absolute atomic E-state index is 11.8. The third kappa shape index (κ3) is 8.23. The molecule has 0 aliphatic heterocycles. The number of halogens is 1. The number of anilines is 1. The number of pyridine rings is 1. The van der Waals surface area contributed by atoms with Gasteiger partial charge in [0, 0.05) is 35.6 Å². The van der Waals surface area contributed by atoms with Crippen LogP contribution in [0.4, 0.5) is 5.69 Å². The number of amides is 3. The van der Waals surface area contributed by atoms with Crippen LogP contribution in [0.2, 0.25) is 0 Å². The maximum atomic E-state index is 11.8. The summed E-state index contributed by atoms with van der Waals surface area (Å²) in [5.74, 6) is -0.253. The highest BCUT2D eigenvalue weighted by atomic mass is 79.9. The van der Waals surface area contributed by atoms with Crippen LogP contribution in [0.1, 0.15) is 10.4 Å². The van der Waals surface area contributed by atoms with Crippen molar-refractivity contribution in [3.63, 3.8) is 0 Å². The Bertz CT molecular complexity index is 789. The predicted molar refractivity (Wildman–Crippen MR) is 110 cm³/mol. The van der Waals surface area contributed by atoms with Gasteiger partial charge in [0.25, 0.3) is 5.91 Å². The van der Waals surface area contributed by atoms with Crippen molar-refractivity contribution in [2.24, 2.45) is 0 Å². The molecular weight excluding hydrogens is 432 g/mol. The van der Waals surface area contributed by atoms with Gasteiger partial charge in [-0.2, -0.15) is 0 Å². The van der Waals surface area contributed by atoms with E-state index in [2.05, 4.69) is 36.9 Å². The number of nitrogens with one attached hydrogen (secondary N) is 3. The number of benzene rings is 1. The zero-order chi connectivity index (χ0) is 19.5. The van der Waals surface area contributed by atoms with Gasteiger partial charge in [-0.25, -0.2) is 0 Å². The van der Waals surface area contributed by atoms with Crippen molar-refractivity contribution in [3.8, 4) is 0 Å². The topological polar surface area (TPSA) is 100 Å². The second kappa shape index (κ2) is 11.3. The molecule has 1 aromatic heterocycles. The number of thioether (sulfide) groups is 1. The van der Waals surface area contributed by atoms with Crippen LogP contribution in [0.25, 0.3) is 0 Å². The molecule has 0 bridgehead atoms. The summed E-state index contributed by atoms with van der Waals surface area (Å²) in [5, 5.41) is 8.15. The van der Waals surface area contributed by atoms with Crippen molar-refractivity contribution >= 4 is 51.1 Å². The van der Waals surface area contributed by atoms with Crippen LogP contribution in [-0.4, -0.2) is 47.3 Å². The molecule has 0 fully saturated rings. The van der Waals surface area contributed by atoms with Crippen LogP contribution in [-0.2, 0) is 9.59 Å². The van der Waals surface area contributed by atoms with Crippen LogP contribution in [0, 0.1) is 0 Å². The van der Waals surface area contributed by atoms with Gasteiger partial charge in [0.15, 0.2) is 0 Å². The highest BCUT2D eigenvalue weighted by Gasteiger charge is 2.07. The standard InChI is InChI=1S/C18H19BrN4O3S/c19-14-4-1-5-15(9-14)23-17(25)12-27-11-16(24)21-7-8-22-18(26)13-3-2-6-20-10-13/h1-6,9-10H,7-8,11-12H2,(H,21,24)(H,22,26)(H,23,25). The molecular formula is C18H19BrN4O3S. The molecule has 0 aliphatic carbocycles. The van der Waals surface area contributed by atoms with Gasteiger partial charge in [0.2, 0.25) is 11.8 Å². The Morgan fingerprint density at radius 2 is 1.78 bits per heavy atom. The van der Waals surface area contributed by atoms with E-state index in [1.165, 1.54) is 18.0 Å². The van der Waals surface area contributed by atoms with E-state index < -0.39 is 0 Å². The lowest BCUT2D eigenvalue weighted by molar-refractivity contribution is -0.118. The van der Waals surface area contributed by atoms with Crippen LogP contribution < -0.4 is 16.0 Å². The van der Waals surface area contributed by atoms with E-state index in [-0.39, 0.29) is 29.2 Å². The Kier molecular flexibility index (Phi) is 8.79. The molecule has 3 N–H and O–H groups in total. The largest absolute Gasteiger partial charge is 0.354 e. The van der Waals surface area contributed by atoms with Crippen LogP contribution >= 0.6 is 27.7 Å². The number of carbonyl (C=O) groups excluding carboxylic acids is 3. The van der Waals surface area contributed by atoms with Gasteiger partial charge < -0.3 is 16.0 Å². The summed E-state index contributed by atoms with van der Waals surface area (Å²) in [6.45, 7) is 0.628. The Balaban J connectivity index is 1.55. The van der Waals surface area contributed by atoms with Crippen LogP contribution in [0.3, 0.4) is 0 Å². The molecule has 0 atom stereocenters. The highest BCUT2D eigenvalue weighted by molar-refractivity contribution is 9.10. The zero-order valence-corrected chi connectivity index (χ0v) is 16.8. The summed E-state index contributed by atoms with van der Waals surface area (Å²) in [6, 6.07) is 10.6. The van der Waals surface area contributed by atoms with E-state index in [1.807, 2.05) is 12.1 Å². The number of nitrogens with zero attached hydrogens (tertiary/aromatic N) is 1. The lowest BCUT2D eigenvalue weighted by atomic mass is 10.3. The van der Waals surface area contributed by atoms with Gasteiger partial charge in [-0.05, 0) is 30.3 Å². The first kappa shape index (κ1) is 20.9. The second-order valence-corrected chi connectivity index (χ2v) is 7.30. The average Bonchev–Trinajstić information content (AvgIpc) is 2.66. The molecule has 0 radical (unpaired) electrons. The van der Waals surface area contributed by atoms with Gasteiger partial charge in [0.05, 0.1) is 17.1 Å². The third-order valence-electron chi connectivity index (χ3n) is 3.23. The summed E-state index contributed by atoms with van der Waals surface area (Å²) in [4.78, 5) is 39.3. The zero-order valence-electron chi connectivity index (χ0n) is 14.4.